The third kappa shape index (κ3) is 3.77. The summed E-state index contributed by atoms with van der Waals surface area (Å²) < 4.78 is 11.3. The van der Waals surface area contributed by atoms with Gasteiger partial charge in [0.05, 0.1) is 12.8 Å². The van der Waals surface area contributed by atoms with E-state index in [9.17, 15) is 4.79 Å². The predicted molar refractivity (Wildman–Crippen MR) is 117 cm³/mol. The van der Waals surface area contributed by atoms with Gasteiger partial charge < -0.3 is 25.0 Å². The molecule has 0 radical (unpaired) electrons. The Bertz CT molecular complexity index is 1230. The molecule has 152 valence electrons. The zero-order valence-corrected chi connectivity index (χ0v) is 16.6. The number of oxime groups is 1. The van der Waals surface area contributed by atoms with Crippen LogP contribution in [0.5, 0.6) is 5.75 Å². The minimum Gasteiger partial charge on any atom is -0.495 e. The molecule has 1 aromatic heterocycles. The molecule has 1 atom stereocenters. The molecule has 1 heterocycles. The minimum atomic E-state index is -0.872. The van der Waals surface area contributed by atoms with Crippen LogP contribution in [-0.2, 0) is 9.63 Å². The van der Waals surface area contributed by atoms with E-state index >= 15 is 0 Å². The fraction of sp³-hybridized carbons (Fsp3) is 0.130. The lowest BCUT2D eigenvalue weighted by Crippen LogP contribution is -2.27. The molecule has 4 aromatic rings. The second kappa shape index (κ2) is 8.16. The van der Waals surface area contributed by atoms with E-state index in [2.05, 4.69) is 10.5 Å². The van der Waals surface area contributed by atoms with Crippen LogP contribution in [0.1, 0.15) is 12.5 Å². The van der Waals surface area contributed by atoms with Gasteiger partial charge in [0.2, 0.25) is 6.10 Å². The van der Waals surface area contributed by atoms with E-state index in [-0.39, 0.29) is 5.84 Å². The molecule has 7 nitrogen and oxygen atoms in total. The molecule has 0 bridgehead atoms. The van der Waals surface area contributed by atoms with Gasteiger partial charge in [-0.25, -0.2) is 0 Å². The van der Waals surface area contributed by atoms with Crippen molar-refractivity contribution in [2.24, 2.45) is 10.9 Å². The number of carbonyl (C=O) groups excluding carboxylic acids is 1. The van der Waals surface area contributed by atoms with Crippen LogP contribution in [0.3, 0.4) is 0 Å². The third-order valence-electron chi connectivity index (χ3n) is 4.70. The monoisotopic (exact) mass is 403 g/mol. The van der Waals surface area contributed by atoms with Crippen LogP contribution in [0.2, 0.25) is 0 Å². The highest BCUT2D eigenvalue weighted by molar-refractivity contribution is 6.08. The van der Waals surface area contributed by atoms with Gasteiger partial charge in [-0.1, -0.05) is 53.7 Å². The van der Waals surface area contributed by atoms with Crippen molar-refractivity contribution in [2.45, 2.75) is 13.0 Å². The second-order valence-electron chi connectivity index (χ2n) is 6.73. The van der Waals surface area contributed by atoms with Crippen molar-refractivity contribution < 1.29 is 18.8 Å². The summed E-state index contributed by atoms with van der Waals surface area (Å²) in [4.78, 5) is 17.9. The Morgan fingerprint density at radius 2 is 1.77 bits per heavy atom. The summed E-state index contributed by atoms with van der Waals surface area (Å²) in [6, 6.07) is 20.5. The SMILES string of the molecule is COc1cc2c(cc1NC(=O)[C@H](C)O/N=C(/N)c1ccccc1)oc1ccccc12. The van der Waals surface area contributed by atoms with Gasteiger partial charge in [-0.2, -0.15) is 0 Å². The number of hydrogen-bond donors (Lipinski definition) is 2. The predicted octanol–water partition coefficient (Wildman–Crippen LogP) is 4.26. The highest BCUT2D eigenvalue weighted by Crippen LogP contribution is 2.36. The lowest BCUT2D eigenvalue weighted by atomic mass is 10.1. The largest absolute Gasteiger partial charge is 0.495 e. The summed E-state index contributed by atoms with van der Waals surface area (Å²) in [5.41, 5.74) is 8.50. The van der Waals surface area contributed by atoms with Crippen molar-refractivity contribution >= 4 is 39.4 Å². The first-order valence-electron chi connectivity index (χ1n) is 9.41. The number of carbonyl (C=O) groups is 1. The van der Waals surface area contributed by atoms with Gasteiger partial charge in [-0.05, 0) is 19.1 Å². The Labute approximate surface area is 173 Å². The summed E-state index contributed by atoms with van der Waals surface area (Å²) in [6.45, 7) is 1.59. The zero-order valence-electron chi connectivity index (χ0n) is 16.6. The van der Waals surface area contributed by atoms with E-state index in [4.69, 9.17) is 19.7 Å². The average molecular weight is 403 g/mol. The Hall–Kier alpha value is -4.00. The lowest BCUT2D eigenvalue weighted by Gasteiger charge is -2.13. The van der Waals surface area contributed by atoms with Gasteiger partial charge in [-0.15, -0.1) is 0 Å². The quantitative estimate of drug-likeness (QED) is 0.285. The lowest BCUT2D eigenvalue weighted by molar-refractivity contribution is -0.126. The zero-order chi connectivity index (χ0) is 21.1. The van der Waals surface area contributed by atoms with Gasteiger partial charge in [0.25, 0.3) is 5.91 Å². The number of amides is 1. The standard InChI is InChI=1S/C23H21N3O4/c1-14(30-26-22(24)15-8-4-3-5-9-15)23(27)25-18-13-20-17(12-21(18)28-2)16-10-6-7-11-19(16)29-20/h3-14H,1-2H3,(H2,24,26)(H,25,27)/t14-/m0/s1. The highest BCUT2D eigenvalue weighted by Gasteiger charge is 2.19. The molecule has 0 spiro atoms. The fourth-order valence-corrected chi connectivity index (χ4v) is 3.10. The van der Waals surface area contributed by atoms with E-state index < -0.39 is 12.0 Å². The van der Waals surface area contributed by atoms with Crippen LogP contribution >= 0.6 is 0 Å². The summed E-state index contributed by atoms with van der Waals surface area (Å²) in [6.07, 6.45) is -0.872. The second-order valence-corrected chi connectivity index (χ2v) is 6.73. The van der Waals surface area contributed by atoms with E-state index in [1.165, 1.54) is 0 Å². The van der Waals surface area contributed by atoms with Gasteiger partial charge in [0.15, 0.2) is 5.84 Å². The summed E-state index contributed by atoms with van der Waals surface area (Å²) in [5.74, 6) is 0.312. The van der Waals surface area contributed by atoms with Crippen molar-refractivity contribution in [3.63, 3.8) is 0 Å². The summed E-state index contributed by atoms with van der Waals surface area (Å²) in [7, 11) is 1.55. The van der Waals surface area contributed by atoms with Gasteiger partial charge in [0.1, 0.15) is 16.9 Å². The number of nitrogens with zero attached hydrogens (tertiary/aromatic N) is 1. The molecular formula is C23H21N3O4. The first-order chi connectivity index (χ1) is 14.6. The van der Waals surface area contributed by atoms with E-state index in [0.717, 1.165) is 16.4 Å². The molecule has 0 aliphatic rings. The molecule has 0 saturated heterocycles. The number of rotatable bonds is 6. The van der Waals surface area contributed by atoms with Crippen molar-refractivity contribution in [2.75, 3.05) is 12.4 Å². The van der Waals surface area contributed by atoms with Crippen LogP contribution in [-0.4, -0.2) is 25.0 Å². The van der Waals surface area contributed by atoms with E-state index in [1.807, 2.05) is 48.5 Å². The molecule has 1 amide bonds. The van der Waals surface area contributed by atoms with Crippen LogP contribution in [0.15, 0.2) is 76.3 Å². The average Bonchev–Trinajstić information content (AvgIpc) is 3.14. The molecule has 30 heavy (non-hydrogen) atoms. The van der Waals surface area contributed by atoms with Crippen LogP contribution in [0.25, 0.3) is 21.9 Å². The fourth-order valence-electron chi connectivity index (χ4n) is 3.10. The summed E-state index contributed by atoms with van der Waals surface area (Å²) in [5, 5.41) is 8.55. The first kappa shape index (κ1) is 19.3. The normalized spacial score (nSPS) is 12.7. The number of fused-ring (bicyclic) bond motifs is 3. The van der Waals surface area contributed by atoms with Gasteiger partial charge in [-0.3, -0.25) is 4.79 Å². The van der Waals surface area contributed by atoms with Gasteiger partial charge in [0, 0.05) is 22.4 Å². The molecular weight excluding hydrogens is 382 g/mol. The number of methoxy groups -OCH3 is 1. The number of para-hydroxylation sites is 1. The molecule has 4 rings (SSSR count). The van der Waals surface area contributed by atoms with Crippen molar-refractivity contribution in [3.8, 4) is 5.75 Å². The number of furan rings is 1. The number of ether oxygens (including phenoxy) is 1. The number of benzene rings is 3. The number of nitrogens with two attached hydrogens (primary N) is 1. The van der Waals surface area contributed by atoms with Gasteiger partial charge >= 0.3 is 0 Å². The number of amidine groups is 1. The van der Waals surface area contributed by atoms with Crippen molar-refractivity contribution in [1.29, 1.82) is 0 Å². The number of nitrogens with one attached hydrogen (secondary N) is 1. The number of anilines is 1. The smallest absolute Gasteiger partial charge is 0.268 e. The molecule has 3 aromatic carbocycles. The molecule has 0 aliphatic carbocycles. The first-order valence-corrected chi connectivity index (χ1v) is 9.41. The molecule has 0 unspecified atom stereocenters. The molecule has 0 saturated carbocycles. The Morgan fingerprint density at radius 3 is 2.53 bits per heavy atom. The van der Waals surface area contributed by atoms with E-state index in [1.54, 1.807) is 32.2 Å². The Balaban J connectivity index is 1.54. The maximum atomic E-state index is 12.6. The number of hydrogen-bond acceptors (Lipinski definition) is 5. The Kier molecular flexibility index (Phi) is 5.26. The summed E-state index contributed by atoms with van der Waals surface area (Å²) >= 11 is 0. The van der Waals surface area contributed by atoms with Crippen LogP contribution in [0, 0.1) is 0 Å². The molecule has 7 heteroatoms. The van der Waals surface area contributed by atoms with Crippen LogP contribution in [0.4, 0.5) is 5.69 Å². The third-order valence-corrected chi connectivity index (χ3v) is 4.70. The maximum Gasteiger partial charge on any atom is 0.268 e. The molecule has 0 fully saturated rings. The highest BCUT2D eigenvalue weighted by atomic mass is 16.6. The minimum absolute atomic E-state index is 0.191. The Morgan fingerprint density at radius 1 is 1.03 bits per heavy atom. The topological polar surface area (TPSA) is 99.1 Å². The van der Waals surface area contributed by atoms with E-state index in [0.29, 0.717) is 22.6 Å². The van der Waals surface area contributed by atoms with Crippen molar-refractivity contribution in [1.82, 2.24) is 0 Å². The maximum absolute atomic E-state index is 12.6. The molecule has 3 N–H and O–H groups in total. The van der Waals surface area contributed by atoms with Crippen molar-refractivity contribution in [3.05, 3.63) is 72.3 Å². The van der Waals surface area contributed by atoms with Crippen LogP contribution < -0.4 is 15.8 Å². The molecule has 0 aliphatic heterocycles.